The van der Waals surface area contributed by atoms with E-state index >= 15 is 0 Å². The van der Waals surface area contributed by atoms with E-state index in [1.165, 1.54) is 4.88 Å². The summed E-state index contributed by atoms with van der Waals surface area (Å²) in [5.74, 6) is 0. The highest BCUT2D eigenvalue weighted by Gasteiger charge is 2.23. The van der Waals surface area contributed by atoms with Gasteiger partial charge in [0.15, 0.2) is 0 Å². The molecule has 0 aliphatic rings. The number of nitrogens with one attached hydrogen (secondary N) is 1. The van der Waals surface area contributed by atoms with E-state index in [-0.39, 0.29) is 12.1 Å². The predicted molar refractivity (Wildman–Crippen MR) is 99.5 cm³/mol. The van der Waals surface area contributed by atoms with Crippen LogP contribution in [0.4, 0.5) is 4.79 Å². The third-order valence-corrected chi connectivity index (χ3v) is 6.03. The Labute approximate surface area is 153 Å². The van der Waals surface area contributed by atoms with Crippen molar-refractivity contribution in [3.8, 4) is 0 Å². The number of nitrogens with zero attached hydrogens (tertiary/aromatic N) is 1. The Kier molecular flexibility index (Phi) is 7.85. The number of carbonyl (C=O) groups excluding carboxylic acids is 1. The van der Waals surface area contributed by atoms with Crippen LogP contribution in [0.25, 0.3) is 0 Å². The fraction of sp³-hybridized carbons (Fsp3) is 0.667. The number of halogens is 2. The molecule has 1 N–H and O–H groups in total. The van der Waals surface area contributed by atoms with Gasteiger partial charge < -0.3 is 15.0 Å². The van der Waals surface area contributed by atoms with E-state index in [0.29, 0.717) is 6.54 Å². The van der Waals surface area contributed by atoms with Gasteiger partial charge in [-0.15, -0.1) is 11.3 Å². The number of rotatable bonds is 6. The van der Waals surface area contributed by atoms with Gasteiger partial charge >= 0.3 is 6.09 Å². The van der Waals surface area contributed by atoms with Gasteiger partial charge in [0.2, 0.25) is 0 Å². The van der Waals surface area contributed by atoms with Crippen LogP contribution in [0.15, 0.2) is 14.3 Å². The van der Waals surface area contributed by atoms with Crippen LogP contribution >= 0.6 is 43.2 Å². The molecule has 0 atom stereocenters. The molecule has 0 fully saturated rings. The number of hydrogen-bond acceptors (Lipinski definition) is 4. The Morgan fingerprint density at radius 1 is 1.41 bits per heavy atom. The third-order valence-electron chi connectivity index (χ3n) is 2.78. The van der Waals surface area contributed by atoms with E-state index in [1.807, 2.05) is 34.6 Å². The van der Waals surface area contributed by atoms with Gasteiger partial charge in [0, 0.05) is 35.0 Å². The standard InChI is InChI=1S/C15H24Br2N2O2S/c1-10(2)19(14(20)21-15(3,4)5)7-6-18-9-11-8-12(16)13(17)22-11/h8,10,18H,6-7,9H2,1-5H3. The largest absolute Gasteiger partial charge is 0.444 e. The zero-order valence-corrected chi connectivity index (χ0v) is 17.7. The molecule has 0 radical (unpaired) electrons. The lowest BCUT2D eigenvalue weighted by Crippen LogP contribution is -2.44. The highest BCUT2D eigenvalue weighted by molar-refractivity contribution is 9.13. The van der Waals surface area contributed by atoms with Gasteiger partial charge in [0.25, 0.3) is 0 Å². The maximum Gasteiger partial charge on any atom is 0.410 e. The molecule has 22 heavy (non-hydrogen) atoms. The van der Waals surface area contributed by atoms with E-state index in [1.54, 1.807) is 16.2 Å². The molecule has 0 aliphatic carbocycles. The van der Waals surface area contributed by atoms with Gasteiger partial charge in [0.1, 0.15) is 5.60 Å². The van der Waals surface area contributed by atoms with Crippen LogP contribution in [0.2, 0.25) is 0 Å². The van der Waals surface area contributed by atoms with Crippen LogP contribution < -0.4 is 5.32 Å². The van der Waals surface area contributed by atoms with E-state index in [0.717, 1.165) is 21.3 Å². The Hall–Kier alpha value is -0.110. The van der Waals surface area contributed by atoms with Crippen molar-refractivity contribution < 1.29 is 9.53 Å². The quantitative estimate of drug-likeness (QED) is 0.613. The molecule has 1 aromatic heterocycles. The third kappa shape index (κ3) is 6.98. The van der Waals surface area contributed by atoms with Crippen LogP contribution in [-0.2, 0) is 11.3 Å². The van der Waals surface area contributed by atoms with Gasteiger partial charge in [-0.05, 0) is 72.5 Å². The number of amides is 1. The monoisotopic (exact) mass is 454 g/mol. The summed E-state index contributed by atoms with van der Waals surface area (Å²) in [7, 11) is 0. The van der Waals surface area contributed by atoms with Gasteiger partial charge in [0.05, 0.1) is 3.79 Å². The zero-order valence-electron chi connectivity index (χ0n) is 13.7. The lowest BCUT2D eigenvalue weighted by atomic mass is 10.2. The lowest BCUT2D eigenvalue weighted by Gasteiger charge is -2.30. The second-order valence-corrected chi connectivity index (χ2v) is 9.59. The predicted octanol–water partition coefficient (Wildman–Crippen LogP) is 5.01. The molecular formula is C15H24Br2N2O2S. The summed E-state index contributed by atoms with van der Waals surface area (Å²) in [6.45, 7) is 11.8. The van der Waals surface area contributed by atoms with Crippen LogP contribution in [0.5, 0.6) is 0 Å². The van der Waals surface area contributed by atoms with Crippen LogP contribution in [0, 0.1) is 0 Å². The maximum atomic E-state index is 12.2. The molecule has 126 valence electrons. The molecular weight excluding hydrogens is 432 g/mol. The second-order valence-electron chi connectivity index (χ2n) is 6.28. The van der Waals surface area contributed by atoms with Crippen molar-refractivity contribution >= 4 is 49.3 Å². The lowest BCUT2D eigenvalue weighted by molar-refractivity contribution is 0.0193. The molecule has 1 aromatic rings. The van der Waals surface area contributed by atoms with Crippen LogP contribution in [0.1, 0.15) is 39.5 Å². The van der Waals surface area contributed by atoms with E-state index in [9.17, 15) is 4.79 Å². The van der Waals surface area contributed by atoms with Crippen molar-refractivity contribution in [3.63, 3.8) is 0 Å². The Bertz CT molecular complexity index is 479. The highest BCUT2D eigenvalue weighted by Crippen LogP contribution is 2.32. The second kappa shape index (κ2) is 8.66. The Morgan fingerprint density at radius 3 is 2.50 bits per heavy atom. The fourth-order valence-corrected chi connectivity index (χ4v) is 3.92. The van der Waals surface area contributed by atoms with Crippen molar-refractivity contribution in [1.82, 2.24) is 10.2 Å². The highest BCUT2D eigenvalue weighted by atomic mass is 79.9. The zero-order chi connectivity index (χ0) is 16.9. The van der Waals surface area contributed by atoms with E-state index < -0.39 is 5.60 Å². The van der Waals surface area contributed by atoms with Gasteiger partial charge in [-0.25, -0.2) is 4.79 Å². The topological polar surface area (TPSA) is 41.6 Å². The number of carbonyl (C=O) groups is 1. The molecule has 0 aromatic carbocycles. The summed E-state index contributed by atoms with van der Waals surface area (Å²) in [5.41, 5.74) is -0.465. The molecule has 0 saturated heterocycles. The normalized spacial score (nSPS) is 11.8. The molecule has 1 rings (SSSR count). The van der Waals surface area contributed by atoms with Crippen LogP contribution in [-0.4, -0.2) is 35.7 Å². The number of ether oxygens (including phenoxy) is 1. The van der Waals surface area contributed by atoms with Crippen molar-refractivity contribution in [1.29, 1.82) is 0 Å². The summed E-state index contributed by atoms with van der Waals surface area (Å²) < 4.78 is 7.62. The van der Waals surface area contributed by atoms with E-state index in [2.05, 4.69) is 43.2 Å². The summed E-state index contributed by atoms with van der Waals surface area (Å²) in [6.07, 6.45) is -0.258. The van der Waals surface area contributed by atoms with Crippen molar-refractivity contribution in [2.75, 3.05) is 13.1 Å². The molecule has 7 heteroatoms. The molecule has 0 spiro atoms. The fourth-order valence-electron chi connectivity index (χ4n) is 1.77. The van der Waals surface area contributed by atoms with Crippen molar-refractivity contribution in [3.05, 3.63) is 19.2 Å². The van der Waals surface area contributed by atoms with Gasteiger partial charge in [-0.3, -0.25) is 0 Å². The Balaban J connectivity index is 2.43. The molecule has 1 heterocycles. The first kappa shape index (κ1) is 19.9. The molecule has 0 aliphatic heterocycles. The average molecular weight is 456 g/mol. The minimum absolute atomic E-state index is 0.113. The van der Waals surface area contributed by atoms with Crippen LogP contribution in [0.3, 0.4) is 0 Å². The number of hydrogen-bond donors (Lipinski definition) is 1. The average Bonchev–Trinajstić information content (AvgIpc) is 2.65. The summed E-state index contributed by atoms with van der Waals surface area (Å²) in [6, 6.07) is 2.21. The SMILES string of the molecule is CC(C)N(CCNCc1cc(Br)c(Br)s1)C(=O)OC(C)(C)C. The molecule has 0 saturated carbocycles. The van der Waals surface area contributed by atoms with Crippen molar-refractivity contribution in [2.45, 2.75) is 52.8 Å². The smallest absolute Gasteiger partial charge is 0.410 e. The summed E-state index contributed by atoms with van der Waals surface area (Å²) >= 11 is 8.67. The van der Waals surface area contributed by atoms with E-state index in [4.69, 9.17) is 4.74 Å². The first-order valence-corrected chi connectivity index (χ1v) is 9.64. The summed E-state index contributed by atoms with van der Waals surface area (Å²) in [5, 5.41) is 3.36. The van der Waals surface area contributed by atoms with Gasteiger partial charge in [-0.1, -0.05) is 0 Å². The molecule has 1 amide bonds. The minimum Gasteiger partial charge on any atom is -0.444 e. The minimum atomic E-state index is -0.465. The molecule has 0 unspecified atom stereocenters. The molecule has 0 bridgehead atoms. The maximum absolute atomic E-state index is 12.2. The molecule has 4 nitrogen and oxygen atoms in total. The Morgan fingerprint density at radius 2 is 2.05 bits per heavy atom. The first-order chi connectivity index (χ1) is 10.1. The number of thiophene rings is 1. The first-order valence-electron chi connectivity index (χ1n) is 7.24. The summed E-state index contributed by atoms with van der Waals surface area (Å²) in [4.78, 5) is 15.2. The van der Waals surface area contributed by atoms with Gasteiger partial charge in [-0.2, -0.15) is 0 Å². The van der Waals surface area contributed by atoms with Crippen molar-refractivity contribution in [2.24, 2.45) is 0 Å².